The summed E-state index contributed by atoms with van der Waals surface area (Å²) in [5, 5.41) is 12.0. The summed E-state index contributed by atoms with van der Waals surface area (Å²) in [6, 6.07) is 5.62. The maximum atomic E-state index is 12.6. The number of hydrogen-bond acceptors (Lipinski definition) is 3. The standard InChI is InChI=1S/C17H23NO3/c1-11(2)18-15(8-9-16(19)20)17(21)14-7-6-12-4-3-5-13(12)10-14/h6-7,10-11,15,18H,3-5,8-9H2,1-2H3,(H,19,20). The Hall–Kier alpha value is -1.68. The van der Waals surface area contributed by atoms with Crippen LogP contribution in [-0.4, -0.2) is 28.9 Å². The number of carboxylic acid groups (broad SMARTS) is 1. The third-order valence-corrected chi connectivity index (χ3v) is 3.88. The average Bonchev–Trinajstić information content (AvgIpc) is 2.89. The Balaban J connectivity index is 2.14. The van der Waals surface area contributed by atoms with Gasteiger partial charge in [0.2, 0.25) is 0 Å². The quantitative estimate of drug-likeness (QED) is 0.757. The summed E-state index contributed by atoms with van der Waals surface area (Å²) in [5.74, 6) is -0.869. The first kappa shape index (κ1) is 15.7. The summed E-state index contributed by atoms with van der Waals surface area (Å²) in [6.45, 7) is 3.92. The number of rotatable bonds is 7. The van der Waals surface area contributed by atoms with E-state index >= 15 is 0 Å². The van der Waals surface area contributed by atoms with Gasteiger partial charge in [0.25, 0.3) is 0 Å². The normalized spacial score (nSPS) is 15.0. The zero-order valence-electron chi connectivity index (χ0n) is 12.7. The van der Waals surface area contributed by atoms with Crippen molar-refractivity contribution in [3.8, 4) is 0 Å². The lowest BCUT2D eigenvalue weighted by atomic mass is 9.96. The molecule has 1 aliphatic rings. The minimum Gasteiger partial charge on any atom is -0.481 e. The van der Waals surface area contributed by atoms with Crippen molar-refractivity contribution >= 4 is 11.8 Å². The van der Waals surface area contributed by atoms with Crippen LogP contribution in [0.25, 0.3) is 0 Å². The Morgan fingerprint density at radius 2 is 1.95 bits per heavy atom. The minimum absolute atomic E-state index is 0.000324. The van der Waals surface area contributed by atoms with E-state index in [9.17, 15) is 9.59 Å². The first-order chi connectivity index (χ1) is 9.97. The number of fused-ring (bicyclic) bond motifs is 1. The van der Waals surface area contributed by atoms with E-state index in [0.717, 1.165) is 19.3 Å². The second-order valence-corrected chi connectivity index (χ2v) is 6.01. The molecule has 0 fully saturated rings. The Bertz CT molecular complexity index is 537. The zero-order valence-corrected chi connectivity index (χ0v) is 12.7. The van der Waals surface area contributed by atoms with Crippen LogP contribution in [0.1, 0.15) is 54.6 Å². The van der Waals surface area contributed by atoms with E-state index in [4.69, 9.17) is 5.11 Å². The summed E-state index contributed by atoms with van der Waals surface area (Å²) >= 11 is 0. The van der Waals surface area contributed by atoms with Gasteiger partial charge in [0.05, 0.1) is 6.04 Å². The van der Waals surface area contributed by atoms with Gasteiger partial charge in [-0.15, -0.1) is 0 Å². The van der Waals surface area contributed by atoms with Crippen LogP contribution >= 0.6 is 0 Å². The van der Waals surface area contributed by atoms with Crippen molar-refractivity contribution in [2.45, 2.75) is 58.0 Å². The van der Waals surface area contributed by atoms with Gasteiger partial charge in [-0.3, -0.25) is 9.59 Å². The fraction of sp³-hybridized carbons (Fsp3) is 0.529. The summed E-state index contributed by atoms with van der Waals surface area (Å²) in [4.78, 5) is 23.4. The maximum absolute atomic E-state index is 12.6. The second-order valence-electron chi connectivity index (χ2n) is 6.01. The molecule has 2 N–H and O–H groups in total. The highest BCUT2D eigenvalue weighted by atomic mass is 16.4. The lowest BCUT2D eigenvalue weighted by Gasteiger charge is -2.20. The number of Topliss-reactive ketones (excluding diaryl/α,β-unsaturated/α-hetero) is 1. The minimum atomic E-state index is -0.868. The highest BCUT2D eigenvalue weighted by molar-refractivity contribution is 6.00. The van der Waals surface area contributed by atoms with Crippen molar-refractivity contribution in [2.75, 3.05) is 0 Å². The molecular formula is C17H23NO3. The molecule has 21 heavy (non-hydrogen) atoms. The van der Waals surface area contributed by atoms with E-state index in [2.05, 4.69) is 5.32 Å². The monoisotopic (exact) mass is 289 g/mol. The number of aryl methyl sites for hydroxylation is 2. The van der Waals surface area contributed by atoms with E-state index in [1.54, 1.807) is 0 Å². The number of carbonyl (C=O) groups excluding carboxylic acids is 1. The van der Waals surface area contributed by atoms with Gasteiger partial charge >= 0.3 is 5.97 Å². The molecule has 0 amide bonds. The number of carbonyl (C=O) groups is 2. The van der Waals surface area contributed by atoms with Crippen molar-refractivity contribution in [3.63, 3.8) is 0 Å². The van der Waals surface area contributed by atoms with Gasteiger partial charge in [-0.2, -0.15) is 0 Å². The molecule has 0 bridgehead atoms. The Morgan fingerprint density at radius 1 is 1.24 bits per heavy atom. The molecule has 1 atom stereocenters. The van der Waals surface area contributed by atoms with Crippen LogP contribution in [0.4, 0.5) is 0 Å². The molecule has 0 spiro atoms. The highest BCUT2D eigenvalue weighted by Gasteiger charge is 2.23. The first-order valence-corrected chi connectivity index (χ1v) is 7.61. The van der Waals surface area contributed by atoms with Crippen molar-refractivity contribution < 1.29 is 14.7 Å². The topological polar surface area (TPSA) is 66.4 Å². The Morgan fingerprint density at radius 3 is 2.62 bits per heavy atom. The molecule has 0 heterocycles. The lowest BCUT2D eigenvalue weighted by molar-refractivity contribution is -0.137. The number of ketones is 1. The zero-order chi connectivity index (χ0) is 15.4. The fourth-order valence-electron chi connectivity index (χ4n) is 2.89. The first-order valence-electron chi connectivity index (χ1n) is 7.61. The third kappa shape index (κ3) is 4.14. The van der Waals surface area contributed by atoms with Crippen molar-refractivity contribution in [3.05, 3.63) is 34.9 Å². The van der Waals surface area contributed by atoms with E-state index in [0.29, 0.717) is 12.0 Å². The molecule has 1 aromatic carbocycles. The van der Waals surface area contributed by atoms with Crippen molar-refractivity contribution in [2.24, 2.45) is 0 Å². The number of carboxylic acids is 1. The van der Waals surface area contributed by atoms with Crippen LogP contribution in [0.5, 0.6) is 0 Å². The SMILES string of the molecule is CC(C)NC(CCC(=O)O)C(=O)c1ccc2c(c1)CCC2. The number of nitrogens with one attached hydrogen (secondary N) is 1. The predicted molar refractivity (Wildman–Crippen MR) is 81.7 cm³/mol. The average molecular weight is 289 g/mol. The van der Waals surface area contributed by atoms with Gasteiger partial charge in [0.1, 0.15) is 0 Å². The molecule has 1 unspecified atom stereocenters. The van der Waals surface area contributed by atoms with Crippen LogP contribution in [-0.2, 0) is 17.6 Å². The fourth-order valence-corrected chi connectivity index (χ4v) is 2.89. The van der Waals surface area contributed by atoms with Crippen LogP contribution < -0.4 is 5.32 Å². The molecule has 0 aliphatic heterocycles. The highest BCUT2D eigenvalue weighted by Crippen LogP contribution is 2.23. The summed E-state index contributed by atoms with van der Waals surface area (Å²) in [7, 11) is 0. The second kappa shape index (κ2) is 6.85. The molecule has 0 saturated carbocycles. The van der Waals surface area contributed by atoms with Crippen molar-refractivity contribution in [1.82, 2.24) is 5.32 Å². The van der Waals surface area contributed by atoms with Gasteiger partial charge in [0, 0.05) is 18.0 Å². The largest absolute Gasteiger partial charge is 0.481 e. The van der Waals surface area contributed by atoms with Crippen LogP contribution in [0.2, 0.25) is 0 Å². The smallest absolute Gasteiger partial charge is 0.303 e. The molecule has 0 saturated heterocycles. The molecular weight excluding hydrogens is 266 g/mol. The van der Waals surface area contributed by atoms with E-state index in [1.807, 2.05) is 32.0 Å². The molecule has 4 nitrogen and oxygen atoms in total. The molecule has 2 rings (SSSR count). The van der Waals surface area contributed by atoms with Crippen molar-refractivity contribution in [1.29, 1.82) is 0 Å². The van der Waals surface area contributed by atoms with E-state index in [1.165, 1.54) is 11.1 Å². The molecule has 114 valence electrons. The summed E-state index contributed by atoms with van der Waals surface area (Å²) < 4.78 is 0. The predicted octanol–water partition coefficient (Wildman–Crippen LogP) is 2.59. The molecule has 1 aliphatic carbocycles. The third-order valence-electron chi connectivity index (χ3n) is 3.88. The number of hydrogen-bond donors (Lipinski definition) is 2. The number of aliphatic carboxylic acids is 1. The maximum Gasteiger partial charge on any atom is 0.303 e. The lowest BCUT2D eigenvalue weighted by Crippen LogP contribution is -2.41. The number of benzene rings is 1. The molecule has 1 aromatic rings. The van der Waals surface area contributed by atoms with Crippen LogP contribution in [0, 0.1) is 0 Å². The van der Waals surface area contributed by atoms with Gasteiger partial charge in [0.15, 0.2) is 5.78 Å². The van der Waals surface area contributed by atoms with E-state index < -0.39 is 12.0 Å². The molecule has 0 aromatic heterocycles. The Kier molecular flexibility index (Phi) is 5.12. The van der Waals surface area contributed by atoms with Crippen LogP contribution in [0.3, 0.4) is 0 Å². The van der Waals surface area contributed by atoms with Gasteiger partial charge in [-0.05, 0) is 42.9 Å². The Labute approximate surface area is 125 Å². The van der Waals surface area contributed by atoms with Crippen LogP contribution in [0.15, 0.2) is 18.2 Å². The van der Waals surface area contributed by atoms with Gasteiger partial charge < -0.3 is 10.4 Å². The van der Waals surface area contributed by atoms with E-state index in [-0.39, 0.29) is 18.2 Å². The summed E-state index contributed by atoms with van der Waals surface area (Å²) in [6.07, 6.45) is 3.61. The molecule has 0 radical (unpaired) electrons. The van der Waals surface area contributed by atoms with Gasteiger partial charge in [-0.1, -0.05) is 26.0 Å². The summed E-state index contributed by atoms with van der Waals surface area (Å²) in [5.41, 5.74) is 3.30. The molecule has 4 heteroatoms. The van der Waals surface area contributed by atoms with Gasteiger partial charge in [-0.25, -0.2) is 0 Å².